The highest BCUT2D eigenvalue weighted by molar-refractivity contribution is 5.96. The molecule has 0 aliphatic rings. The fourth-order valence-corrected chi connectivity index (χ4v) is 2.15. The maximum absolute atomic E-state index is 12.8. The van der Waals surface area contributed by atoms with Gasteiger partial charge in [0, 0.05) is 16.9 Å². The molecule has 0 atom stereocenters. The van der Waals surface area contributed by atoms with Gasteiger partial charge in [0.25, 0.3) is 5.91 Å². The number of rotatable bonds is 6. The van der Waals surface area contributed by atoms with Crippen LogP contribution >= 0.6 is 0 Å². The van der Waals surface area contributed by atoms with Crippen LogP contribution in [0.3, 0.4) is 0 Å². The first-order chi connectivity index (χ1) is 12.6. The molecule has 27 heavy (non-hydrogen) atoms. The molecule has 2 aromatic rings. The first-order valence-corrected chi connectivity index (χ1v) is 7.89. The molecule has 0 spiro atoms. The number of halogens is 4. The molecule has 0 bridgehead atoms. The van der Waals surface area contributed by atoms with Crippen LogP contribution in [0.2, 0.25) is 0 Å². The molecule has 0 saturated heterocycles. The SMILES string of the molecule is Cc1ccc(C(=O)NCC(F)(F)F)cc1NCC(=O)Nc1ccc(F)cc1. The van der Waals surface area contributed by atoms with Gasteiger partial charge in [-0.15, -0.1) is 0 Å². The first kappa shape index (κ1) is 20.2. The third-order valence-corrected chi connectivity index (χ3v) is 3.52. The summed E-state index contributed by atoms with van der Waals surface area (Å²) in [6.45, 7) is 0.145. The molecule has 2 aromatic carbocycles. The Morgan fingerprint density at radius 1 is 1.04 bits per heavy atom. The minimum atomic E-state index is -4.50. The van der Waals surface area contributed by atoms with Crippen LogP contribution in [0.4, 0.5) is 28.9 Å². The predicted octanol–water partition coefficient (Wildman–Crippen LogP) is 3.48. The number of alkyl halides is 3. The summed E-state index contributed by atoms with van der Waals surface area (Å²) < 4.78 is 49.4. The molecule has 2 rings (SSSR count). The van der Waals surface area contributed by atoms with Crippen molar-refractivity contribution >= 4 is 23.2 Å². The van der Waals surface area contributed by atoms with Crippen molar-refractivity contribution in [2.24, 2.45) is 0 Å². The summed E-state index contributed by atoms with van der Waals surface area (Å²) in [7, 11) is 0. The molecule has 0 aromatic heterocycles. The van der Waals surface area contributed by atoms with Crippen molar-refractivity contribution < 1.29 is 27.2 Å². The third kappa shape index (κ3) is 6.61. The monoisotopic (exact) mass is 383 g/mol. The van der Waals surface area contributed by atoms with Crippen LogP contribution < -0.4 is 16.0 Å². The first-order valence-electron chi connectivity index (χ1n) is 7.89. The Labute approximate surface area is 152 Å². The number of hydrogen-bond acceptors (Lipinski definition) is 3. The van der Waals surface area contributed by atoms with Gasteiger partial charge in [0.15, 0.2) is 0 Å². The van der Waals surface area contributed by atoms with Crippen LogP contribution in [0.1, 0.15) is 15.9 Å². The van der Waals surface area contributed by atoms with E-state index in [-0.39, 0.29) is 12.1 Å². The van der Waals surface area contributed by atoms with Crippen molar-refractivity contribution in [3.05, 3.63) is 59.4 Å². The molecule has 5 nitrogen and oxygen atoms in total. The smallest absolute Gasteiger partial charge is 0.376 e. The molecular weight excluding hydrogens is 366 g/mol. The molecule has 0 aliphatic carbocycles. The van der Waals surface area contributed by atoms with Gasteiger partial charge in [-0.25, -0.2) is 4.39 Å². The highest BCUT2D eigenvalue weighted by Crippen LogP contribution is 2.18. The largest absolute Gasteiger partial charge is 0.405 e. The average molecular weight is 383 g/mol. The molecule has 9 heteroatoms. The van der Waals surface area contributed by atoms with E-state index in [1.165, 1.54) is 36.4 Å². The number of amides is 2. The van der Waals surface area contributed by atoms with Gasteiger partial charge in [0.2, 0.25) is 5.91 Å². The van der Waals surface area contributed by atoms with Crippen molar-refractivity contribution in [3.8, 4) is 0 Å². The Morgan fingerprint density at radius 2 is 1.70 bits per heavy atom. The Kier molecular flexibility index (Phi) is 6.38. The van der Waals surface area contributed by atoms with E-state index in [0.29, 0.717) is 16.9 Å². The highest BCUT2D eigenvalue weighted by Gasteiger charge is 2.28. The van der Waals surface area contributed by atoms with Gasteiger partial charge in [-0.05, 0) is 48.9 Å². The lowest BCUT2D eigenvalue weighted by Crippen LogP contribution is -2.33. The van der Waals surface area contributed by atoms with Gasteiger partial charge in [-0.2, -0.15) is 13.2 Å². The van der Waals surface area contributed by atoms with E-state index in [1.54, 1.807) is 18.3 Å². The molecule has 3 N–H and O–H groups in total. The second kappa shape index (κ2) is 8.52. The van der Waals surface area contributed by atoms with Crippen LogP contribution in [-0.4, -0.2) is 31.1 Å². The summed E-state index contributed by atoms with van der Waals surface area (Å²) in [5.41, 5.74) is 1.59. The summed E-state index contributed by atoms with van der Waals surface area (Å²) >= 11 is 0. The van der Waals surface area contributed by atoms with Crippen LogP contribution in [0.15, 0.2) is 42.5 Å². The van der Waals surface area contributed by atoms with Gasteiger partial charge >= 0.3 is 6.18 Å². The van der Waals surface area contributed by atoms with E-state index >= 15 is 0 Å². The van der Waals surface area contributed by atoms with E-state index in [9.17, 15) is 27.2 Å². The summed E-state index contributed by atoms with van der Waals surface area (Å²) in [5.74, 6) is -1.71. The van der Waals surface area contributed by atoms with Crippen molar-refractivity contribution in [3.63, 3.8) is 0 Å². The van der Waals surface area contributed by atoms with Crippen molar-refractivity contribution in [2.45, 2.75) is 13.1 Å². The summed E-state index contributed by atoms with van der Waals surface area (Å²) in [5, 5.41) is 7.17. The zero-order chi connectivity index (χ0) is 20.0. The number of carbonyl (C=O) groups excluding carboxylic acids is 2. The van der Waals surface area contributed by atoms with Crippen molar-refractivity contribution in [1.29, 1.82) is 0 Å². The minimum Gasteiger partial charge on any atom is -0.376 e. The van der Waals surface area contributed by atoms with Crippen LogP contribution in [0.25, 0.3) is 0 Å². The fraction of sp³-hybridized carbons (Fsp3) is 0.222. The van der Waals surface area contributed by atoms with Crippen LogP contribution in [-0.2, 0) is 4.79 Å². The molecule has 0 fully saturated rings. The Bertz CT molecular complexity index is 820. The van der Waals surface area contributed by atoms with E-state index in [2.05, 4.69) is 10.6 Å². The average Bonchev–Trinajstić information content (AvgIpc) is 2.60. The Balaban J connectivity index is 1.96. The van der Waals surface area contributed by atoms with Gasteiger partial charge in [0.1, 0.15) is 12.4 Å². The number of anilines is 2. The summed E-state index contributed by atoms with van der Waals surface area (Å²) in [4.78, 5) is 23.8. The normalized spacial score (nSPS) is 11.0. The van der Waals surface area contributed by atoms with E-state index in [4.69, 9.17) is 0 Å². The maximum atomic E-state index is 12.8. The molecular formula is C18H17F4N3O2. The standard InChI is InChI=1S/C18H17F4N3O2/c1-11-2-3-12(17(27)24-10-18(20,21)22)8-15(11)23-9-16(26)25-14-6-4-13(19)5-7-14/h2-8,23H,9-10H2,1H3,(H,24,27)(H,25,26). The van der Waals surface area contributed by atoms with E-state index < -0.39 is 30.4 Å². The van der Waals surface area contributed by atoms with Gasteiger partial charge < -0.3 is 16.0 Å². The predicted molar refractivity (Wildman–Crippen MR) is 93.1 cm³/mol. The molecule has 2 amide bonds. The zero-order valence-electron chi connectivity index (χ0n) is 14.3. The number of aryl methyl sites for hydroxylation is 1. The number of nitrogens with one attached hydrogen (secondary N) is 3. The highest BCUT2D eigenvalue weighted by atomic mass is 19.4. The van der Waals surface area contributed by atoms with Gasteiger partial charge in [-0.1, -0.05) is 6.07 Å². The van der Waals surface area contributed by atoms with E-state index in [1.807, 2.05) is 0 Å². The van der Waals surface area contributed by atoms with Crippen LogP contribution in [0.5, 0.6) is 0 Å². The van der Waals surface area contributed by atoms with Gasteiger partial charge in [-0.3, -0.25) is 9.59 Å². The molecule has 0 heterocycles. The van der Waals surface area contributed by atoms with E-state index in [0.717, 1.165) is 0 Å². The second-order valence-electron chi connectivity index (χ2n) is 5.74. The fourth-order valence-electron chi connectivity index (χ4n) is 2.15. The second-order valence-corrected chi connectivity index (χ2v) is 5.74. The lowest BCUT2D eigenvalue weighted by molar-refractivity contribution is -0.123. The number of hydrogen-bond donors (Lipinski definition) is 3. The lowest BCUT2D eigenvalue weighted by Gasteiger charge is -2.13. The van der Waals surface area contributed by atoms with Crippen molar-refractivity contribution in [1.82, 2.24) is 5.32 Å². The molecule has 0 radical (unpaired) electrons. The quantitative estimate of drug-likeness (QED) is 0.669. The topological polar surface area (TPSA) is 70.2 Å². The van der Waals surface area contributed by atoms with Crippen LogP contribution in [0, 0.1) is 12.7 Å². The molecule has 0 unspecified atom stereocenters. The Hall–Kier alpha value is -3.10. The molecule has 0 saturated carbocycles. The Morgan fingerprint density at radius 3 is 2.33 bits per heavy atom. The summed E-state index contributed by atoms with van der Waals surface area (Å²) in [6.07, 6.45) is -4.50. The van der Waals surface area contributed by atoms with Gasteiger partial charge in [0.05, 0.1) is 6.54 Å². The minimum absolute atomic E-state index is 0.0336. The third-order valence-electron chi connectivity index (χ3n) is 3.52. The number of benzene rings is 2. The zero-order valence-corrected chi connectivity index (χ0v) is 14.3. The summed E-state index contributed by atoms with van der Waals surface area (Å²) in [6, 6.07) is 9.54. The molecule has 144 valence electrons. The molecule has 0 aliphatic heterocycles. The number of carbonyl (C=O) groups is 2. The lowest BCUT2D eigenvalue weighted by atomic mass is 10.1. The maximum Gasteiger partial charge on any atom is 0.405 e. The van der Waals surface area contributed by atoms with Crippen molar-refractivity contribution in [2.75, 3.05) is 23.7 Å².